The zero-order valence-corrected chi connectivity index (χ0v) is 16.1. The van der Waals surface area contributed by atoms with Crippen molar-refractivity contribution in [3.63, 3.8) is 0 Å². The van der Waals surface area contributed by atoms with E-state index in [1.165, 1.54) is 17.7 Å². The van der Waals surface area contributed by atoms with Crippen LogP contribution in [0.2, 0.25) is 0 Å². The molecule has 0 aromatic heterocycles. The van der Waals surface area contributed by atoms with Gasteiger partial charge in [0.25, 0.3) is 0 Å². The van der Waals surface area contributed by atoms with Crippen molar-refractivity contribution in [1.82, 2.24) is 4.90 Å². The topological polar surface area (TPSA) is 40.6 Å². The van der Waals surface area contributed by atoms with E-state index in [2.05, 4.69) is 28.9 Å². The van der Waals surface area contributed by atoms with Crippen molar-refractivity contribution in [3.8, 4) is 0 Å². The van der Waals surface area contributed by atoms with Gasteiger partial charge in [-0.1, -0.05) is 30.3 Å². The van der Waals surface area contributed by atoms with E-state index in [4.69, 9.17) is 0 Å². The van der Waals surface area contributed by atoms with Crippen molar-refractivity contribution < 1.29 is 17.2 Å². The fourth-order valence-electron chi connectivity index (χ4n) is 3.37. The van der Waals surface area contributed by atoms with Gasteiger partial charge in [0.05, 0.1) is 4.90 Å². The van der Waals surface area contributed by atoms with Crippen LogP contribution in [0.3, 0.4) is 0 Å². The first-order chi connectivity index (χ1) is 12.9. The number of alkyl halides is 2. The van der Waals surface area contributed by atoms with Gasteiger partial charge in [-0.2, -0.15) is 8.78 Å². The first kappa shape index (κ1) is 19.8. The molecule has 4 nitrogen and oxygen atoms in total. The Balaban J connectivity index is 1.68. The second-order valence-electron chi connectivity index (χ2n) is 6.88. The summed E-state index contributed by atoms with van der Waals surface area (Å²) in [6.45, 7) is 5.63. The highest BCUT2D eigenvalue weighted by molar-refractivity contribution is 7.91. The molecule has 0 bridgehead atoms. The standard InChI is InChI=1S/C20H24F2N2O2S/c1-16-11-12-23(13-14-24(16)15-17-5-3-2-4-6-17)18-7-9-19(10-8-18)27(25,26)20(21)22/h2-10,16,20H,11-15H2,1H3. The Hall–Kier alpha value is -1.99. The lowest BCUT2D eigenvalue weighted by atomic mass is 10.1. The molecule has 7 heteroatoms. The quantitative estimate of drug-likeness (QED) is 0.774. The summed E-state index contributed by atoms with van der Waals surface area (Å²) in [5.74, 6) is -3.39. The van der Waals surface area contributed by atoms with E-state index in [9.17, 15) is 17.2 Å². The molecule has 1 fully saturated rings. The van der Waals surface area contributed by atoms with E-state index in [-0.39, 0.29) is 4.90 Å². The monoisotopic (exact) mass is 394 g/mol. The highest BCUT2D eigenvalue weighted by Crippen LogP contribution is 2.24. The zero-order valence-electron chi connectivity index (χ0n) is 15.3. The Morgan fingerprint density at radius 1 is 1.00 bits per heavy atom. The lowest BCUT2D eigenvalue weighted by Crippen LogP contribution is -2.34. The molecule has 0 spiro atoms. The van der Waals surface area contributed by atoms with Crippen LogP contribution in [0, 0.1) is 0 Å². The molecule has 1 heterocycles. The smallest absolute Gasteiger partial charge is 0.341 e. The molecular formula is C20H24F2N2O2S. The third-order valence-electron chi connectivity index (χ3n) is 5.09. The van der Waals surface area contributed by atoms with Gasteiger partial charge in [-0.25, -0.2) is 8.42 Å². The molecule has 0 amide bonds. The van der Waals surface area contributed by atoms with Crippen molar-refractivity contribution in [2.24, 2.45) is 0 Å². The molecule has 3 rings (SSSR count). The van der Waals surface area contributed by atoms with Crippen LogP contribution in [0.15, 0.2) is 59.5 Å². The van der Waals surface area contributed by atoms with Crippen LogP contribution in [0.4, 0.5) is 14.5 Å². The SMILES string of the molecule is CC1CCN(c2ccc(S(=O)(=O)C(F)F)cc2)CCN1Cc1ccccc1. The van der Waals surface area contributed by atoms with Gasteiger partial charge < -0.3 is 4.90 Å². The van der Waals surface area contributed by atoms with Crippen molar-refractivity contribution in [1.29, 1.82) is 0 Å². The Bertz CT molecular complexity index is 842. The largest absolute Gasteiger partial charge is 0.370 e. The van der Waals surface area contributed by atoms with E-state index >= 15 is 0 Å². The Morgan fingerprint density at radius 3 is 2.30 bits per heavy atom. The van der Waals surface area contributed by atoms with Crippen molar-refractivity contribution in [2.45, 2.75) is 36.6 Å². The first-order valence-electron chi connectivity index (χ1n) is 9.03. The Labute approximate surface area is 159 Å². The van der Waals surface area contributed by atoms with E-state index in [0.29, 0.717) is 6.04 Å². The molecule has 146 valence electrons. The summed E-state index contributed by atoms with van der Waals surface area (Å²) in [6, 6.07) is 16.5. The zero-order chi connectivity index (χ0) is 19.4. The number of anilines is 1. The minimum absolute atomic E-state index is 0.338. The fourth-order valence-corrected chi connectivity index (χ4v) is 4.09. The van der Waals surface area contributed by atoms with Crippen molar-refractivity contribution >= 4 is 15.5 Å². The lowest BCUT2D eigenvalue weighted by Gasteiger charge is -2.26. The molecule has 1 unspecified atom stereocenters. The summed E-state index contributed by atoms with van der Waals surface area (Å²) in [4.78, 5) is 4.28. The number of sulfone groups is 1. The summed E-state index contributed by atoms with van der Waals surface area (Å²) < 4.78 is 48.5. The van der Waals surface area contributed by atoms with Crippen LogP contribution in [0.5, 0.6) is 0 Å². The van der Waals surface area contributed by atoms with E-state index in [1.54, 1.807) is 12.1 Å². The van der Waals surface area contributed by atoms with Crippen LogP contribution in [-0.4, -0.2) is 44.8 Å². The number of halogens is 2. The predicted octanol–water partition coefficient (Wildman–Crippen LogP) is 3.78. The number of benzene rings is 2. The van der Waals surface area contributed by atoms with Crippen LogP contribution >= 0.6 is 0 Å². The second-order valence-corrected chi connectivity index (χ2v) is 8.80. The summed E-state index contributed by atoms with van der Waals surface area (Å²) in [5.41, 5.74) is 2.14. The summed E-state index contributed by atoms with van der Waals surface area (Å²) in [6.07, 6.45) is 0.976. The van der Waals surface area contributed by atoms with E-state index in [0.717, 1.165) is 38.3 Å². The molecule has 1 saturated heterocycles. The van der Waals surface area contributed by atoms with Gasteiger partial charge in [-0.05, 0) is 43.2 Å². The summed E-state index contributed by atoms with van der Waals surface area (Å²) in [7, 11) is -4.54. The molecular weight excluding hydrogens is 370 g/mol. The van der Waals surface area contributed by atoms with Gasteiger partial charge in [-0.15, -0.1) is 0 Å². The maximum atomic E-state index is 12.7. The van der Waals surface area contributed by atoms with Crippen LogP contribution in [-0.2, 0) is 16.4 Å². The van der Waals surface area contributed by atoms with Crippen LogP contribution < -0.4 is 4.90 Å². The highest BCUT2D eigenvalue weighted by atomic mass is 32.2. The van der Waals surface area contributed by atoms with E-state index in [1.807, 2.05) is 18.2 Å². The normalized spacial score (nSPS) is 19.3. The summed E-state index contributed by atoms with van der Waals surface area (Å²) >= 11 is 0. The molecule has 0 aliphatic carbocycles. The predicted molar refractivity (Wildman–Crippen MR) is 103 cm³/mol. The lowest BCUT2D eigenvalue weighted by molar-refractivity contribution is 0.212. The fraction of sp³-hybridized carbons (Fsp3) is 0.400. The molecule has 1 atom stereocenters. The van der Waals surface area contributed by atoms with Gasteiger partial charge in [0.2, 0.25) is 9.84 Å². The average Bonchev–Trinajstić information content (AvgIpc) is 2.85. The molecule has 1 aliphatic rings. The second kappa shape index (κ2) is 8.35. The minimum Gasteiger partial charge on any atom is -0.370 e. The van der Waals surface area contributed by atoms with Crippen molar-refractivity contribution in [3.05, 3.63) is 60.2 Å². The molecule has 0 saturated carbocycles. The highest BCUT2D eigenvalue weighted by Gasteiger charge is 2.27. The minimum atomic E-state index is -4.54. The van der Waals surface area contributed by atoms with Crippen LogP contribution in [0.1, 0.15) is 18.9 Å². The molecule has 1 aliphatic heterocycles. The Morgan fingerprint density at radius 2 is 1.67 bits per heavy atom. The van der Waals surface area contributed by atoms with Gasteiger partial charge in [0, 0.05) is 37.9 Å². The number of nitrogens with zero attached hydrogens (tertiary/aromatic N) is 2. The molecule has 0 radical (unpaired) electrons. The van der Waals surface area contributed by atoms with E-state index < -0.39 is 15.6 Å². The maximum Gasteiger partial charge on any atom is 0.341 e. The average molecular weight is 394 g/mol. The van der Waals surface area contributed by atoms with Gasteiger partial charge >= 0.3 is 5.76 Å². The third kappa shape index (κ3) is 4.65. The third-order valence-corrected chi connectivity index (χ3v) is 6.49. The molecule has 27 heavy (non-hydrogen) atoms. The molecule has 0 N–H and O–H groups in total. The van der Waals surface area contributed by atoms with Gasteiger partial charge in [0.1, 0.15) is 0 Å². The number of rotatable bonds is 5. The van der Waals surface area contributed by atoms with Gasteiger partial charge in [-0.3, -0.25) is 4.90 Å². The first-order valence-corrected chi connectivity index (χ1v) is 10.6. The summed E-state index contributed by atoms with van der Waals surface area (Å²) in [5, 5.41) is 0. The molecule has 2 aromatic rings. The van der Waals surface area contributed by atoms with Gasteiger partial charge in [0.15, 0.2) is 0 Å². The van der Waals surface area contributed by atoms with Crippen molar-refractivity contribution in [2.75, 3.05) is 24.5 Å². The Kier molecular flexibility index (Phi) is 6.11. The maximum absolute atomic E-state index is 12.7. The number of hydrogen-bond acceptors (Lipinski definition) is 4. The van der Waals surface area contributed by atoms with Crippen LogP contribution in [0.25, 0.3) is 0 Å². The molecule has 2 aromatic carbocycles. The number of hydrogen-bond donors (Lipinski definition) is 0.